The molecule has 2 atom stereocenters. The van der Waals surface area contributed by atoms with Crippen molar-refractivity contribution in [1.82, 2.24) is 10.9 Å². The number of hydrazine groups is 1. The average Bonchev–Trinajstić information content (AvgIpc) is 3.36. The van der Waals surface area contributed by atoms with Crippen LogP contribution in [0, 0.1) is 5.92 Å². The van der Waals surface area contributed by atoms with Crippen molar-refractivity contribution in [2.75, 3.05) is 5.32 Å². The summed E-state index contributed by atoms with van der Waals surface area (Å²) in [6.07, 6.45) is 0.802. The molecule has 0 aromatic heterocycles. The molecule has 2 aromatic rings. The molecule has 1 fully saturated rings. The Morgan fingerprint density at radius 1 is 0.957 bits per heavy atom. The Bertz CT molecular complexity index is 704. The lowest BCUT2D eigenvalue weighted by molar-refractivity contribution is -0.123. The molecule has 5 nitrogen and oxygen atoms in total. The molecule has 0 bridgehead atoms. The van der Waals surface area contributed by atoms with Crippen molar-refractivity contribution in [2.45, 2.75) is 12.3 Å². The number of carbonyl (C=O) groups is 2. The van der Waals surface area contributed by atoms with Crippen LogP contribution in [-0.4, -0.2) is 11.9 Å². The molecule has 1 aliphatic rings. The predicted molar refractivity (Wildman–Crippen MR) is 89.0 cm³/mol. The predicted octanol–water partition coefficient (Wildman–Crippen LogP) is 3.30. The van der Waals surface area contributed by atoms with E-state index in [0.717, 1.165) is 12.0 Å². The first-order valence-corrected chi connectivity index (χ1v) is 7.68. The van der Waals surface area contributed by atoms with E-state index < -0.39 is 6.03 Å². The molecule has 0 heterocycles. The Morgan fingerprint density at radius 2 is 1.65 bits per heavy atom. The summed E-state index contributed by atoms with van der Waals surface area (Å²) in [5, 5.41) is 3.19. The van der Waals surface area contributed by atoms with Gasteiger partial charge in [-0.15, -0.1) is 0 Å². The van der Waals surface area contributed by atoms with E-state index in [2.05, 4.69) is 16.2 Å². The molecular formula is C17H16ClN3O2. The van der Waals surface area contributed by atoms with E-state index in [1.165, 1.54) is 0 Å². The van der Waals surface area contributed by atoms with Crippen LogP contribution in [0.25, 0.3) is 0 Å². The van der Waals surface area contributed by atoms with Gasteiger partial charge in [0.05, 0.1) is 0 Å². The minimum absolute atomic E-state index is 0.0896. The molecule has 118 valence electrons. The lowest BCUT2D eigenvalue weighted by atomic mass is 10.1. The maximum absolute atomic E-state index is 12.0. The molecule has 3 N–H and O–H groups in total. The van der Waals surface area contributed by atoms with Crippen LogP contribution < -0.4 is 16.2 Å². The Balaban J connectivity index is 1.44. The van der Waals surface area contributed by atoms with E-state index in [-0.39, 0.29) is 17.7 Å². The van der Waals surface area contributed by atoms with Crippen molar-refractivity contribution in [1.29, 1.82) is 0 Å². The fraction of sp³-hybridized carbons (Fsp3) is 0.176. The third-order valence-corrected chi connectivity index (χ3v) is 4.01. The molecule has 1 saturated carbocycles. The second-order valence-corrected chi connectivity index (χ2v) is 5.87. The first kappa shape index (κ1) is 15.4. The quantitative estimate of drug-likeness (QED) is 0.756. The van der Waals surface area contributed by atoms with E-state index in [9.17, 15) is 9.59 Å². The summed E-state index contributed by atoms with van der Waals surface area (Å²) in [5.41, 5.74) is 6.55. The molecule has 6 heteroatoms. The molecular weight excluding hydrogens is 314 g/mol. The molecule has 3 rings (SSSR count). The van der Waals surface area contributed by atoms with Gasteiger partial charge in [-0.25, -0.2) is 10.2 Å². The molecule has 3 amide bonds. The van der Waals surface area contributed by atoms with Gasteiger partial charge in [-0.05, 0) is 42.2 Å². The van der Waals surface area contributed by atoms with Gasteiger partial charge in [-0.2, -0.15) is 0 Å². The monoisotopic (exact) mass is 329 g/mol. The van der Waals surface area contributed by atoms with Crippen LogP contribution in [-0.2, 0) is 4.79 Å². The number of hydrogen-bond donors (Lipinski definition) is 3. The second kappa shape index (κ2) is 6.71. The highest BCUT2D eigenvalue weighted by atomic mass is 35.5. The molecule has 0 radical (unpaired) electrons. The van der Waals surface area contributed by atoms with Crippen LogP contribution in [0.3, 0.4) is 0 Å². The highest BCUT2D eigenvalue weighted by Crippen LogP contribution is 2.47. The van der Waals surface area contributed by atoms with Gasteiger partial charge in [0.2, 0.25) is 5.91 Å². The molecule has 0 unspecified atom stereocenters. The SMILES string of the molecule is O=C(NNC(=O)[C@@H]1C[C@@H]1c1ccccc1)Nc1ccc(Cl)cc1. The van der Waals surface area contributed by atoms with E-state index in [4.69, 9.17) is 11.6 Å². The van der Waals surface area contributed by atoms with Gasteiger partial charge in [-0.1, -0.05) is 41.9 Å². The Labute approximate surface area is 139 Å². The molecule has 0 aliphatic heterocycles. The number of hydrogen-bond acceptors (Lipinski definition) is 2. The maximum Gasteiger partial charge on any atom is 0.337 e. The number of carbonyl (C=O) groups excluding carboxylic acids is 2. The largest absolute Gasteiger partial charge is 0.337 e. The van der Waals surface area contributed by atoms with Gasteiger partial charge < -0.3 is 5.32 Å². The number of anilines is 1. The lowest BCUT2D eigenvalue weighted by Crippen LogP contribution is -2.44. The topological polar surface area (TPSA) is 70.2 Å². The molecule has 1 aliphatic carbocycles. The van der Waals surface area contributed by atoms with Crippen LogP contribution in [0.2, 0.25) is 5.02 Å². The minimum Gasteiger partial charge on any atom is -0.307 e. The van der Waals surface area contributed by atoms with Gasteiger partial charge in [0.1, 0.15) is 0 Å². The van der Waals surface area contributed by atoms with E-state index in [0.29, 0.717) is 10.7 Å². The molecule has 0 spiro atoms. The van der Waals surface area contributed by atoms with Gasteiger partial charge in [0.25, 0.3) is 0 Å². The second-order valence-electron chi connectivity index (χ2n) is 5.43. The Kier molecular flexibility index (Phi) is 4.48. The summed E-state index contributed by atoms with van der Waals surface area (Å²) in [5.74, 6) is -0.0318. The zero-order chi connectivity index (χ0) is 16.2. The van der Waals surface area contributed by atoms with Crippen LogP contribution in [0.15, 0.2) is 54.6 Å². The summed E-state index contributed by atoms with van der Waals surface area (Å²) in [6.45, 7) is 0. The van der Waals surface area contributed by atoms with E-state index >= 15 is 0 Å². The summed E-state index contributed by atoms with van der Waals surface area (Å²) in [6, 6.07) is 16.1. The number of nitrogens with one attached hydrogen (secondary N) is 3. The number of rotatable bonds is 3. The number of urea groups is 1. The zero-order valence-electron chi connectivity index (χ0n) is 12.3. The smallest absolute Gasteiger partial charge is 0.307 e. The van der Waals surface area contributed by atoms with Crippen LogP contribution in [0.5, 0.6) is 0 Å². The maximum atomic E-state index is 12.0. The van der Waals surface area contributed by atoms with Gasteiger partial charge in [0, 0.05) is 16.6 Å². The average molecular weight is 330 g/mol. The van der Waals surface area contributed by atoms with E-state index in [1.807, 2.05) is 30.3 Å². The number of amides is 3. The van der Waals surface area contributed by atoms with Crippen LogP contribution in [0.1, 0.15) is 17.9 Å². The summed E-state index contributed by atoms with van der Waals surface area (Å²) in [4.78, 5) is 23.7. The normalized spacial score (nSPS) is 18.8. The molecule has 2 aromatic carbocycles. The van der Waals surface area contributed by atoms with Gasteiger partial charge >= 0.3 is 6.03 Å². The van der Waals surface area contributed by atoms with Crippen molar-refractivity contribution in [3.05, 3.63) is 65.2 Å². The van der Waals surface area contributed by atoms with Crippen molar-refractivity contribution in [2.24, 2.45) is 5.92 Å². The first-order valence-electron chi connectivity index (χ1n) is 7.31. The summed E-state index contributed by atoms with van der Waals surface area (Å²) >= 11 is 5.77. The molecule has 23 heavy (non-hydrogen) atoms. The Hall–Kier alpha value is -2.53. The van der Waals surface area contributed by atoms with Crippen molar-refractivity contribution in [3.8, 4) is 0 Å². The highest BCUT2D eigenvalue weighted by molar-refractivity contribution is 6.30. The van der Waals surface area contributed by atoms with Crippen molar-refractivity contribution in [3.63, 3.8) is 0 Å². The molecule has 0 saturated heterocycles. The lowest BCUT2D eigenvalue weighted by Gasteiger charge is -2.09. The van der Waals surface area contributed by atoms with Crippen LogP contribution in [0.4, 0.5) is 10.5 Å². The van der Waals surface area contributed by atoms with Gasteiger partial charge in [0.15, 0.2) is 0 Å². The fourth-order valence-corrected chi connectivity index (χ4v) is 2.59. The number of benzene rings is 2. The zero-order valence-corrected chi connectivity index (χ0v) is 13.0. The van der Waals surface area contributed by atoms with Crippen molar-refractivity contribution >= 4 is 29.2 Å². The number of halogens is 1. The third-order valence-electron chi connectivity index (χ3n) is 3.76. The highest BCUT2D eigenvalue weighted by Gasteiger charge is 2.43. The van der Waals surface area contributed by atoms with Crippen LogP contribution >= 0.6 is 11.6 Å². The minimum atomic E-state index is -0.502. The summed E-state index contributed by atoms with van der Waals surface area (Å²) in [7, 11) is 0. The standard InChI is InChI=1S/C17H16ClN3O2/c18-12-6-8-13(9-7-12)19-17(23)21-20-16(22)15-10-14(15)11-4-2-1-3-5-11/h1-9,14-15H,10H2,(H,20,22)(H2,19,21,23)/t14-,15-/m1/s1. The summed E-state index contributed by atoms with van der Waals surface area (Å²) < 4.78 is 0. The fourth-order valence-electron chi connectivity index (χ4n) is 2.46. The van der Waals surface area contributed by atoms with Gasteiger partial charge in [-0.3, -0.25) is 10.2 Å². The Morgan fingerprint density at radius 3 is 2.35 bits per heavy atom. The third kappa shape index (κ3) is 4.02. The van der Waals surface area contributed by atoms with Crippen molar-refractivity contribution < 1.29 is 9.59 Å². The first-order chi connectivity index (χ1) is 11.1. The van der Waals surface area contributed by atoms with E-state index in [1.54, 1.807) is 24.3 Å².